The largest absolute Gasteiger partial charge is 0.480 e. The van der Waals surface area contributed by atoms with Crippen molar-refractivity contribution in [3.8, 4) is 0 Å². The average Bonchev–Trinajstić information content (AvgIpc) is 2.60. The molecule has 0 bridgehead atoms. The highest BCUT2D eigenvalue weighted by atomic mass is 16.4. The van der Waals surface area contributed by atoms with Gasteiger partial charge in [-0.15, -0.1) is 0 Å². The predicted octanol–water partition coefficient (Wildman–Crippen LogP) is 0.855. The maximum Gasteiger partial charge on any atom is 0.321 e. The number of hydrogen-bond donors (Lipinski definition) is 2. The first kappa shape index (κ1) is 20.1. The Bertz CT molecular complexity index is 625. The van der Waals surface area contributed by atoms with Crippen molar-refractivity contribution >= 4 is 17.7 Å². The third-order valence-corrected chi connectivity index (χ3v) is 4.42. The van der Waals surface area contributed by atoms with Gasteiger partial charge in [0, 0.05) is 44.2 Å². The standard InChI is InChI=1S/C19H27N3O4/c1-14(2)20-18(24)13-21-8-10-22(11-9-21)16(19(25)26)12-17(23)15-6-4-3-5-7-15/h3-7,14,16H,8-13H2,1-2H3,(H,20,24)(H,25,26). The summed E-state index contributed by atoms with van der Waals surface area (Å²) in [5.74, 6) is -1.18. The highest BCUT2D eigenvalue weighted by Gasteiger charge is 2.31. The summed E-state index contributed by atoms with van der Waals surface area (Å²) in [5, 5.41) is 12.4. The van der Waals surface area contributed by atoms with Gasteiger partial charge in [0.25, 0.3) is 0 Å². The lowest BCUT2D eigenvalue weighted by Gasteiger charge is -2.37. The maximum atomic E-state index is 12.4. The molecule has 2 N–H and O–H groups in total. The molecule has 7 heteroatoms. The van der Waals surface area contributed by atoms with E-state index in [-0.39, 0.29) is 24.2 Å². The summed E-state index contributed by atoms with van der Waals surface area (Å²) in [6.07, 6.45) is -0.0484. The van der Waals surface area contributed by atoms with E-state index in [0.717, 1.165) is 0 Å². The van der Waals surface area contributed by atoms with Crippen LogP contribution in [0.3, 0.4) is 0 Å². The minimum atomic E-state index is -0.986. The number of benzene rings is 1. The Morgan fingerprint density at radius 3 is 2.23 bits per heavy atom. The highest BCUT2D eigenvalue weighted by Crippen LogP contribution is 2.13. The van der Waals surface area contributed by atoms with Gasteiger partial charge in [0.05, 0.1) is 6.54 Å². The first-order chi connectivity index (χ1) is 12.4. The second-order valence-electron chi connectivity index (χ2n) is 6.88. The molecule has 0 aromatic heterocycles. The Morgan fingerprint density at radius 2 is 1.69 bits per heavy atom. The van der Waals surface area contributed by atoms with Gasteiger partial charge in [-0.25, -0.2) is 0 Å². The molecule has 2 rings (SSSR count). The number of carbonyl (C=O) groups is 3. The van der Waals surface area contributed by atoms with Crippen molar-refractivity contribution in [3.05, 3.63) is 35.9 Å². The summed E-state index contributed by atoms with van der Waals surface area (Å²) >= 11 is 0. The van der Waals surface area contributed by atoms with Crippen molar-refractivity contribution in [2.45, 2.75) is 32.4 Å². The summed E-state index contributed by atoms with van der Waals surface area (Å²) in [6, 6.07) is 8.02. The first-order valence-corrected chi connectivity index (χ1v) is 8.93. The molecule has 0 radical (unpaired) electrons. The van der Waals surface area contributed by atoms with E-state index in [1.807, 2.05) is 29.7 Å². The zero-order valence-electron chi connectivity index (χ0n) is 15.4. The summed E-state index contributed by atoms with van der Waals surface area (Å²) in [6.45, 7) is 6.40. The number of hydrogen-bond acceptors (Lipinski definition) is 5. The lowest BCUT2D eigenvalue weighted by atomic mass is 10.0. The minimum Gasteiger partial charge on any atom is -0.480 e. The first-order valence-electron chi connectivity index (χ1n) is 8.93. The van der Waals surface area contributed by atoms with Crippen LogP contribution < -0.4 is 5.32 Å². The third-order valence-electron chi connectivity index (χ3n) is 4.42. The highest BCUT2D eigenvalue weighted by molar-refractivity contribution is 5.98. The molecule has 1 fully saturated rings. The number of carboxylic acids is 1. The van der Waals surface area contributed by atoms with Crippen LogP contribution in [0.25, 0.3) is 0 Å². The Kier molecular flexibility index (Phi) is 7.29. The molecule has 0 spiro atoms. The van der Waals surface area contributed by atoms with Crippen LogP contribution in [0.4, 0.5) is 0 Å². The third kappa shape index (κ3) is 5.93. The van der Waals surface area contributed by atoms with Crippen LogP contribution >= 0.6 is 0 Å². The molecule has 1 amide bonds. The fraction of sp³-hybridized carbons (Fsp3) is 0.526. The number of nitrogens with one attached hydrogen (secondary N) is 1. The van der Waals surface area contributed by atoms with Crippen LogP contribution in [0.5, 0.6) is 0 Å². The monoisotopic (exact) mass is 361 g/mol. The van der Waals surface area contributed by atoms with Gasteiger partial charge >= 0.3 is 5.97 Å². The fourth-order valence-electron chi connectivity index (χ4n) is 3.09. The van der Waals surface area contributed by atoms with Crippen molar-refractivity contribution in [2.24, 2.45) is 0 Å². The quantitative estimate of drug-likeness (QED) is 0.668. The molecular formula is C19H27N3O4. The van der Waals surface area contributed by atoms with Gasteiger partial charge < -0.3 is 10.4 Å². The maximum absolute atomic E-state index is 12.4. The molecule has 1 aromatic carbocycles. The molecule has 1 heterocycles. The number of ketones is 1. The lowest BCUT2D eigenvalue weighted by molar-refractivity contribution is -0.144. The number of carboxylic acid groups (broad SMARTS) is 1. The van der Waals surface area contributed by atoms with E-state index in [4.69, 9.17) is 0 Å². The average molecular weight is 361 g/mol. The Hall–Kier alpha value is -2.25. The van der Waals surface area contributed by atoms with Gasteiger partial charge in [-0.1, -0.05) is 30.3 Å². The van der Waals surface area contributed by atoms with Gasteiger partial charge in [0.2, 0.25) is 5.91 Å². The smallest absolute Gasteiger partial charge is 0.321 e. The number of nitrogens with zero attached hydrogens (tertiary/aromatic N) is 2. The van der Waals surface area contributed by atoms with E-state index in [0.29, 0.717) is 38.3 Å². The fourth-order valence-corrected chi connectivity index (χ4v) is 3.09. The van der Waals surface area contributed by atoms with Gasteiger partial charge in [0.1, 0.15) is 6.04 Å². The number of Topliss-reactive ketones (excluding diaryl/α,β-unsaturated/α-hetero) is 1. The van der Waals surface area contributed by atoms with E-state index in [1.54, 1.807) is 24.3 Å². The van der Waals surface area contributed by atoms with Crippen molar-refractivity contribution in [1.29, 1.82) is 0 Å². The number of amides is 1. The van der Waals surface area contributed by atoms with Crippen molar-refractivity contribution in [3.63, 3.8) is 0 Å². The Balaban J connectivity index is 1.89. The second kappa shape index (κ2) is 9.45. The van der Waals surface area contributed by atoms with Crippen LogP contribution in [0.15, 0.2) is 30.3 Å². The van der Waals surface area contributed by atoms with E-state index >= 15 is 0 Å². The normalized spacial score (nSPS) is 17.0. The summed E-state index contributed by atoms with van der Waals surface area (Å²) in [5.41, 5.74) is 0.530. The molecule has 1 atom stereocenters. The second-order valence-corrected chi connectivity index (χ2v) is 6.88. The molecule has 142 valence electrons. The number of rotatable bonds is 8. The van der Waals surface area contributed by atoms with Crippen LogP contribution in [0.1, 0.15) is 30.6 Å². The van der Waals surface area contributed by atoms with Gasteiger partial charge in [-0.3, -0.25) is 24.2 Å². The summed E-state index contributed by atoms with van der Waals surface area (Å²) in [4.78, 5) is 39.7. The van der Waals surface area contributed by atoms with Gasteiger partial charge in [-0.2, -0.15) is 0 Å². The number of aliphatic carboxylic acids is 1. The Labute approximate surface area is 154 Å². The van der Waals surface area contributed by atoms with E-state index in [9.17, 15) is 19.5 Å². The molecule has 1 aliphatic rings. The molecule has 1 aromatic rings. The molecule has 1 unspecified atom stereocenters. The minimum absolute atomic E-state index is 0.0255. The van der Waals surface area contributed by atoms with E-state index in [2.05, 4.69) is 5.32 Å². The van der Waals surface area contributed by atoms with Crippen LogP contribution in [0, 0.1) is 0 Å². The number of piperazine rings is 1. The number of carbonyl (C=O) groups excluding carboxylic acids is 2. The van der Waals surface area contributed by atoms with Crippen molar-refractivity contribution in [2.75, 3.05) is 32.7 Å². The summed E-state index contributed by atoms with van der Waals surface area (Å²) in [7, 11) is 0. The zero-order valence-corrected chi connectivity index (χ0v) is 15.4. The molecule has 1 aliphatic heterocycles. The molecule has 0 saturated carbocycles. The zero-order chi connectivity index (χ0) is 19.1. The molecule has 26 heavy (non-hydrogen) atoms. The van der Waals surface area contributed by atoms with Gasteiger partial charge in [0.15, 0.2) is 5.78 Å². The predicted molar refractivity (Wildman–Crippen MR) is 98.1 cm³/mol. The van der Waals surface area contributed by atoms with Gasteiger partial charge in [-0.05, 0) is 13.8 Å². The molecular weight excluding hydrogens is 334 g/mol. The molecule has 7 nitrogen and oxygen atoms in total. The van der Waals surface area contributed by atoms with Crippen molar-refractivity contribution in [1.82, 2.24) is 15.1 Å². The van der Waals surface area contributed by atoms with E-state index in [1.165, 1.54) is 0 Å². The van der Waals surface area contributed by atoms with E-state index < -0.39 is 12.0 Å². The van der Waals surface area contributed by atoms with Crippen LogP contribution in [-0.2, 0) is 9.59 Å². The Morgan fingerprint density at radius 1 is 1.08 bits per heavy atom. The van der Waals surface area contributed by atoms with Crippen molar-refractivity contribution < 1.29 is 19.5 Å². The topological polar surface area (TPSA) is 90.0 Å². The summed E-state index contributed by atoms with van der Waals surface area (Å²) < 4.78 is 0. The molecule has 0 aliphatic carbocycles. The van der Waals surface area contributed by atoms with Crippen LogP contribution in [0.2, 0.25) is 0 Å². The van der Waals surface area contributed by atoms with Crippen LogP contribution in [-0.4, -0.2) is 77.4 Å². The SMILES string of the molecule is CC(C)NC(=O)CN1CCN(C(CC(=O)c2ccccc2)C(=O)O)CC1. The molecule has 1 saturated heterocycles. The lowest BCUT2D eigenvalue weighted by Crippen LogP contribution is -2.54.